The average molecular weight is 422 g/mol. The first-order chi connectivity index (χ1) is 15.0. The number of piperazine rings is 1. The van der Waals surface area contributed by atoms with E-state index < -0.39 is 5.97 Å². The van der Waals surface area contributed by atoms with Gasteiger partial charge < -0.3 is 19.3 Å². The molecule has 0 bridgehead atoms. The van der Waals surface area contributed by atoms with Gasteiger partial charge in [0.2, 0.25) is 5.95 Å². The SMILES string of the molecule is CCOc1ccc(-n2c(N3CCN(C)CC3)nc3cc(C(=O)OC)ccc3c2=O)cc1. The van der Waals surface area contributed by atoms with Gasteiger partial charge in [-0.25, -0.2) is 14.3 Å². The van der Waals surface area contributed by atoms with Crippen molar-refractivity contribution in [1.82, 2.24) is 14.5 Å². The monoisotopic (exact) mass is 422 g/mol. The molecule has 8 heteroatoms. The molecule has 162 valence electrons. The Kier molecular flexibility index (Phi) is 5.90. The largest absolute Gasteiger partial charge is 0.494 e. The van der Waals surface area contributed by atoms with Crippen LogP contribution in [0.15, 0.2) is 47.3 Å². The van der Waals surface area contributed by atoms with Crippen molar-refractivity contribution in [2.75, 3.05) is 51.8 Å². The fourth-order valence-corrected chi connectivity index (χ4v) is 3.73. The molecule has 0 aliphatic carbocycles. The first-order valence-corrected chi connectivity index (χ1v) is 10.3. The Balaban J connectivity index is 1.89. The molecule has 0 atom stereocenters. The van der Waals surface area contributed by atoms with Crippen molar-refractivity contribution in [3.8, 4) is 11.4 Å². The van der Waals surface area contributed by atoms with Crippen molar-refractivity contribution in [1.29, 1.82) is 0 Å². The molecule has 2 heterocycles. The van der Waals surface area contributed by atoms with Crippen LogP contribution in [0.2, 0.25) is 0 Å². The molecular formula is C23H26N4O4. The Bertz CT molecular complexity index is 1150. The van der Waals surface area contributed by atoms with Crippen molar-refractivity contribution in [3.05, 3.63) is 58.4 Å². The zero-order valence-electron chi connectivity index (χ0n) is 18.0. The summed E-state index contributed by atoms with van der Waals surface area (Å²) in [4.78, 5) is 34.7. The Labute approximate surface area is 180 Å². The van der Waals surface area contributed by atoms with Crippen molar-refractivity contribution < 1.29 is 14.3 Å². The number of hydrogen-bond acceptors (Lipinski definition) is 7. The number of carbonyl (C=O) groups is 1. The highest BCUT2D eigenvalue weighted by Crippen LogP contribution is 2.23. The van der Waals surface area contributed by atoms with Gasteiger partial charge in [0.05, 0.1) is 35.9 Å². The first kappa shape index (κ1) is 20.9. The molecule has 0 radical (unpaired) electrons. The quantitative estimate of drug-likeness (QED) is 0.584. The van der Waals surface area contributed by atoms with Crippen molar-refractivity contribution >= 4 is 22.8 Å². The second-order valence-corrected chi connectivity index (χ2v) is 7.49. The number of anilines is 1. The first-order valence-electron chi connectivity index (χ1n) is 10.3. The lowest BCUT2D eigenvalue weighted by Crippen LogP contribution is -2.46. The van der Waals surface area contributed by atoms with Crippen LogP contribution in [0.1, 0.15) is 17.3 Å². The maximum absolute atomic E-state index is 13.6. The van der Waals surface area contributed by atoms with Gasteiger partial charge in [-0.2, -0.15) is 0 Å². The van der Waals surface area contributed by atoms with Gasteiger partial charge >= 0.3 is 5.97 Å². The molecule has 1 aromatic heterocycles. The summed E-state index contributed by atoms with van der Waals surface area (Å²) in [5.41, 5.74) is 1.38. The van der Waals surface area contributed by atoms with E-state index in [4.69, 9.17) is 14.5 Å². The van der Waals surface area contributed by atoms with E-state index in [0.29, 0.717) is 34.7 Å². The van der Waals surface area contributed by atoms with Crippen LogP contribution in [0.5, 0.6) is 5.75 Å². The number of hydrogen-bond donors (Lipinski definition) is 0. The summed E-state index contributed by atoms with van der Waals surface area (Å²) in [5.74, 6) is 0.856. The standard InChI is InChI=1S/C23H26N4O4/c1-4-31-18-8-6-17(7-9-18)27-21(28)19-10-5-16(22(29)30-3)15-20(19)24-23(27)26-13-11-25(2)12-14-26/h5-10,15H,4,11-14H2,1-3H3. The van der Waals surface area contributed by atoms with Crippen LogP contribution in [0, 0.1) is 0 Å². The molecule has 0 N–H and O–H groups in total. The van der Waals surface area contributed by atoms with Crippen molar-refractivity contribution in [3.63, 3.8) is 0 Å². The molecule has 8 nitrogen and oxygen atoms in total. The van der Waals surface area contributed by atoms with E-state index in [-0.39, 0.29) is 5.56 Å². The van der Waals surface area contributed by atoms with E-state index in [0.717, 1.165) is 31.9 Å². The summed E-state index contributed by atoms with van der Waals surface area (Å²) in [6.45, 7) is 5.76. The fourth-order valence-electron chi connectivity index (χ4n) is 3.73. The molecule has 0 saturated carbocycles. The number of carbonyl (C=O) groups excluding carboxylic acids is 1. The topological polar surface area (TPSA) is 76.9 Å². The van der Waals surface area contributed by atoms with E-state index >= 15 is 0 Å². The summed E-state index contributed by atoms with van der Waals surface area (Å²) < 4.78 is 12.0. The molecular weight excluding hydrogens is 396 g/mol. The number of methoxy groups -OCH3 is 1. The zero-order valence-corrected chi connectivity index (χ0v) is 18.0. The lowest BCUT2D eigenvalue weighted by atomic mass is 10.1. The third kappa shape index (κ3) is 4.11. The van der Waals surface area contributed by atoms with Gasteiger partial charge in [0.15, 0.2) is 0 Å². The van der Waals surface area contributed by atoms with Crippen molar-refractivity contribution in [2.24, 2.45) is 0 Å². The number of fused-ring (bicyclic) bond motifs is 1. The highest BCUT2D eigenvalue weighted by molar-refractivity contribution is 5.94. The minimum atomic E-state index is -0.458. The Hall–Kier alpha value is -3.39. The number of rotatable bonds is 5. The third-order valence-electron chi connectivity index (χ3n) is 5.46. The van der Waals surface area contributed by atoms with Crippen LogP contribution < -0.4 is 15.2 Å². The molecule has 1 saturated heterocycles. The molecule has 1 aliphatic heterocycles. The number of likely N-dealkylation sites (N-methyl/N-ethyl adjacent to an activating group) is 1. The van der Waals surface area contributed by atoms with Crippen LogP contribution >= 0.6 is 0 Å². The molecule has 0 unspecified atom stereocenters. The number of ether oxygens (including phenoxy) is 2. The molecule has 0 spiro atoms. The van der Waals surface area contributed by atoms with Crippen molar-refractivity contribution in [2.45, 2.75) is 6.92 Å². The molecule has 2 aromatic carbocycles. The Morgan fingerprint density at radius 2 is 1.77 bits per heavy atom. The predicted octanol–water partition coefficient (Wildman–Crippen LogP) is 2.32. The fraction of sp³-hybridized carbons (Fsp3) is 0.348. The number of esters is 1. The van der Waals surface area contributed by atoms with Crippen LogP contribution in [0.4, 0.5) is 5.95 Å². The van der Waals surface area contributed by atoms with E-state index in [1.165, 1.54) is 7.11 Å². The predicted molar refractivity (Wildman–Crippen MR) is 120 cm³/mol. The highest BCUT2D eigenvalue weighted by Gasteiger charge is 2.22. The maximum atomic E-state index is 13.6. The molecule has 4 rings (SSSR count). The Morgan fingerprint density at radius 1 is 1.06 bits per heavy atom. The van der Waals surface area contributed by atoms with Crippen LogP contribution in [0.3, 0.4) is 0 Å². The molecule has 1 fully saturated rings. The smallest absolute Gasteiger partial charge is 0.337 e. The lowest BCUT2D eigenvalue weighted by Gasteiger charge is -2.34. The van der Waals surface area contributed by atoms with Gasteiger partial charge in [-0.1, -0.05) is 0 Å². The normalized spacial score (nSPS) is 14.6. The molecule has 3 aromatic rings. The molecule has 1 aliphatic rings. The summed E-state index contributed by atoms with van der Waals surface area (Å²) in [5, 5.41) is 0.444. The summed E-state index contributed by atoms with van der Waals surface area (Å²) in [6, 6.07) is 12.3. The van der Waals surface area contributed by atoms with Gasteiger partial charge in [0.1, 0.15) is 5.75 Å². The zero-order chi connectivity index (χ0) is 22.0. The minimum absolute atomic E-state index is 0.181. The minimum Gasteiger partial charge on any atom is -0.494 e. The summed E-state index contributed by atoms with van der Waals surface area (Å²) in [6.07, 6.45) is 0. The van der Waals surface area contributed by atoms with E-state index in [9.17, 15) is 9.59 Å². The molecule has 31 heavy (non-hydrogen) atoms. The number of aromatic nitrogens is 2. The second kappa shape index (κ2) is 8.77. The average Bonchev–Trinajstić information content (AvgIpc) is 2.79. The third-order valence-corrected chi connectivity index (χ3v) is 5.46. The number of benzene rings is 2. The highest BCUT2D eigenvalue weighted by atomic mass is 16.5. The van der Waals surface area contributed by atoms with E-state index in [1.54, 1.807) is 22.8 Å². The van der Waals surface area contributed by atoms with Crippen LogP contribution in [0.25, 0.3) is 16.6 Å². The second-order valence-electron chi connectivity index (χ2n) is 7.49. The van der Waals surface area contributed by atoms with E-state index in [1.807, 2.05) is 31.2 Å². The molecule has 0 amide bonds. The number of nitrogens with zero attached hydrogens (tertiary/aromatic N) is 4. The van der Waals surface area contributed by atoms with E-state index in [2.05, 4.69) is 16.8 Å². The lowest BCUT2D eigenvalue weighted by molar-refractivity contribution is 0.0601. The van der Waals surface area contributed by atoms with Gasteiger partial charge in [-0.3, -0.25) is 4.79 Å². The van der Waals surface area contributed by atoms with Gasteiger partial charge in [0, 0.05) is 26.2 Å². The van der Waals surface area contributed by atoms with Crippen LogP contribution in [-0.2, 0) is 4.74 Å². The van der Waals surface area contributed by atoms with Gasteiger partial charge in [-0.15, -0.1) is 0 Å². The summed E-state index contributed by atoms with van der Waals surface area (Å²) in [7, 11) is 3.41. The van der Waals surface area contributed by atoms with Gasteiger partial charge in [-0.05, 0) is 56.4 Å². The van der Waals surface area contributed by atoms with Gasteiger partial charge in [0.25, 0.3) is 5.56 Å². The Morgan fingerprint density at radius 3 is 2.42 bits per heavy atom. The summed E-state index contributed by atoms with van der Waals surface area (Å²) >= 11 is 0. The maximum Gasteiger partial charge on any atom is 0.337 e. The van der Waals surface area contributed by atoms with Crippen LogP contribution in [-0.4, -0.2) is 67.4 Å².